The van der Waals surface area contributed by atoms with E-state index in [0.29, 0.717) is 0 Å². The van der Waals surface area contributed by atoms with Crippen molar-refractivity contribution in [3.63, 3.8) is 0 Å². The highest BCUT2D eigenvalue weighted by molar-refractivity contribution is 6.00. The second-order valence-corrected chi connectivity index (χ2v) is 6.48. The number of nitrogens with one attached hydrogen (secondary N) is 2. The van der Waals surface area contributed by atoms with Gasteiger partial charge >= 0.3 is 18.2 Å². The Hall–Kier alpha value is -3.40. The molecule has 152 valence electrons. The molecule has 1 aliphatic rings. The lowest BCUT2D eigenvalue weighted by Gasteiger charge is -2.45. The van der Waals surface area contributed by atoms with Gasteiger partial charge in [0.05, 0.1) is 11.6 Å². The van der Waals surface area contributed by atoms with Crippen LogP contribution in [0.15, 0.2) is 54.6 Å². The van der Waals surface area contributed by atoms with Gasteiger partial charge in [0, 0.05) is 5.56 Å². The monoisotopic (exact) mass is 408 g/mol. The summed E-state index contributed by atoms with van der Waals surface area (Å²) < 4.78 is 41.3. The number of alkyl halides is 3. The lowest BCUT2D eigenvalue weighted by Crippen LogP contribution is -2.72. The third-order valence-corrected chi connectivity index (χ3v) is 4.66. The molecule has 2 aromatic carbocycles. The van der Waals surface area contributed by atoms with Crippen LogP contribution in [0.5, 0.6) is 0 Å². The molecule has 1 heterocycles. The number of aliphatic hydroxyl groups is 1. The summed E-state index contributed by atoms with van der Waals surface area (Å²) in [5, 5.41) is 23.1. The Labute approximate surface area is 162 Å². The van der Waals surface area contributed by atoms with Gasteiger partial charge in [-0.25, -0.2) is 9.59 Å². The predicted molar refractivity (Wildman–Crippen MR) is 93.1 cm³/mol. The average molecular weight is 408 g/mol. The smallest absolute Gasteiger partial charge is 0.437 e. The maximum absolute atomic E-state index is 13.8. The molecule has 1 saturated heterocycles. The quantitative estimate of drug-likeness (QED) is 0.580. The molecule has 0 unspecified atom stereocenters. The van der Waals surface area contributed by atoms with Crippen LogP contribution >= 0.6 is 0 Å². The zero-order valence-corrected chi connectivity index (χ0v) is 14.6. The number of carboxylic acid groups (broad SMARTS) is 1. The van der Waals surface area contributed by atoms with Gasteiger partial charge in [0.2, 0.25) is 5.72 Å². The Morgan fingerprint density at radius 3 is 2.07 bits per heavy atom. The number of amides is 2. The third kappa shape index (κ3) is 3.66. The van der Waals surface area contributed by atoms with Gasteiger partial charge in [-0.05, 0) is 17.7 Å². The number of rotatable bonds is 4. The minimum Gasteiger partial charge on any atom is -0.478 e. The number of ketones is 1. The highest BCUT2D eigenvalue weighted by Crippen LogP contribution is 2.43. The van der Waals surface area contributed by atoms with E-state index in [0.717, 1.165) is 12.1 Å². The lowest BCUT2D eigenvalue weighted by atomic mass is 9.77. The maximum Gasteiger partial charge on any atom is 0.437 e. The van der Waals surface area contributed by atoms with E-state index in [-0.39, 0.29) is 16.7 Å². The summed E-state index contributed by atoms with van der Waals surface area (Å²) in [5.41, 5.74) is -4.03. The predicted octanol–water partition coefficient (Wildman–Crippen LogP) is 2.49. The Balaban J connectivity index is 2.14. The van der Waals surface area contributed by atoms with Crippen LogP contribution in [0.4, 0.5) is 18.0 Å². The summed E-state index contributed by atoms with van der Waals surface area (Å²) in [7, 11) is 0. The zero-order valence-electron chi connectivity index (χ0n) is 14.6. The molecule has 29 heavy (non-hydrogen) atoms. The fourth-order valence-electron chi connectivity index (χ4n) is 3.23. The SMILES string of the molecule is O=C1N[C@H](c2ccc(C(=O)O)cc2)[C@@H](C(=O)c2ccccc2)[C@@](O)(C(F)(F)F)N1. The van der Waals surface area contributed by atoms with Crippen LogP contribution in [0.25, 0.3) is 0 Å². The number of hydrogen-bond acceptors (Lipinski definition) is 4. The van der Waals surface area contributed by atoms with E-state index in [2.05, 4.69) is 5.32 Å². The molecule has 10 heteroatoms. The minimum absolute atomic E-state index is 0.0295. The van der Waals surface area contributed by atoms with Crippen LogP contribution in [0.1, 0.15) is 32.3 Å². The third-order valence-electron chi connectivity index (χ3n) is 4.66. The van der Waals surface area contributed by atoms with E-state index >= 15 is 0 Å². The van der Waals surface area contributed by atoms with E-state index < -0.39 is 41.6 Å². The number of carbonyl (C=O) groups excluding carboxylic acids is 2. The van der Waals surface area contributed by atoms with Crippen LogP contribution < -0.4 is 10.6 Å². The lowest BCUT2D eigenvalue weighted by molar-refractivity contribution is -0.287. The molecule has 2 amide bonds. The molecule has 4 N–H and O–H groups in total. The van der Waals surface area contributed by atoms with E-state index in [1.54, 1.807) is 6.07 Å². The van der Waals surface area contributed by atoms with Gasteiger partial charge in [0.15, 0.2) is 5.78 Å². The summed E-state index contributed by atoms with van der Waals surface area (Å²) in [4.78, 5) is 35.9. The number of hydrogen-bond donors (Lipinski definition) is 4. The van der Waals surface area contributed by atoms with Crippen LogP contribution in [0.2, 0.25) is 0 Å². The zero-order chi connectivity index (χ0) is 21.4. The minimum atomic E-state index is -5.36. The summed E-state index contributed by atoms with van der Waals surface area (Å²) in [6, 6.07) is 8.78. The highest BCUT2D eigenvalue weighted by Gasteiger charge is 2.66. The molecule has 0 aliphatic carbocycles. The highest BCUT2D eigenvalue weighted by atomic mass is 19.4. The van der Waals surface area contributed by atoms with E-state index in [4.69, 9.17) is 5.11 Å². The molecular formula is C19H15F3N2O5. The molecule has 0 radical (unpaired) electrons. The summed E-state index contributed by atoms with van der Waals surface area (Å²) in [6.07, 6.45) is -5.36. The van der Waals surface area contributed by atoms with Gasteiger partial charge < -0.3 is 20.8 Å². The van der Waals surface area contributed by atoms with Gasteiger partial charge in [-0.3, -0.25) is 4.79 Å². The molecule has 1 fully saturated rings. The molecule has 0 spiro atoms. The number of carbonyl (C=O) groups is 3. The maximum atomic E-state index is 13.8. The number of Topliss-reactive ketones (excluding diaryl/α,β-unsaturated/α-hetero) is 1. The van der Waals surface area contributed by atoms with Crippen molar-refractivity contribution in [3.05, 3.63) is 71.3 Å². The van der Waals surface area contributed by atoms with E-state index in [1.807, 2.05) is 0 Å². The van der Waals surface area contributed by atoms with Crippen molar-refractivity contribution < 1.29 is 37.8 Å². The molecular weight excluding hydrogens is 393 g/mol. The van der Waals surface area contributed by atoms with E-state index in [9.17, 15) is 32.7 Å². The van der Waals surface area contributed by atoms with Crippen LogP contribution in [-0.4, -0.2) is 39.9 Å². The normalized spacial score (nSPS) is 24.3. The fourth-order valence-corrected chi connectivity index (χ4v) is 3.23. The Morgan fingerprint density at radius 1 is 0.966 bits per heavy atom. The van der Waals surface area contributed by atoms with Crippen molar-refractivity contribution in [2.75, 3.05) is 0 Å². The summed E-state index contributed by atoms with van der Waals surface area (Å²) in [6.45, 7) is 0. The van der Waals surface area contributed by atoms with Gasteiger partial charge in [0.25, 0.3) is 0 Å². The molecule has 7 nitrogen and oxygen atoms in total. The first kappa shape index (κ1) is 20.3. The fraction of sp³-hybridized carbons (Fsp3) is 0.211. The van der Waals surface area contributed by atoms with Gasteiger partial charge in [-0.15, -0.1) is 0 Å². The van der Waals surface area contributed by atoms with Crippen molar-refractivity contribution in [3.8, 4) is 0 Å². The van der Waals surface area contributed by atoms with E-state index in [1.165, 1.54) is 41.7 Å². The van der Waals surface area contributed by atoms with Crippen molar-refractivity contribution in [1.29, 1.82) is 0 Å². The molecule has 1 aliphatic heterocycles. The van der Waals surface area contributed by atoms with Crippen molar-refractivity contribution in [2.24, 2.45) is 5.92 Å². The number of aromatic carboxylic acids is 1. The first-order valence-corrected chi connectivity index (χ1v) is 8.35. The van der Waals surface area contributed by atoms with Crippen LogP contribution in [0, 0.1) is 5.92 Å². The number of urea groups is 1. The number of carboxylic acids is 1. The van der Waals surface area contributed by atoms with Crippen LogP contribution in [-0.2, 0) is 0 Å². The topological polar surface area (TPSA) is 116 Å². The standard InChI is InChI=1S/C19H15F3N2O5/c20-19(21,22)18(29)13(15(25)11-4-2-1-3-5-11)14(23-17(28)24-18)10-6-8-12(9-7-10)16(26)27/h1-9,13-14,29H,(H,26,27)(H2,23,24,28)/t13-,14+,18+/m0/s1. The van der Waals surface area contributed by atoms with Gasteiger partial charge in [0.1, 0.15) is 5.92 Å². The molecule has 2 aromatic rings. The van der Waals surface area contributed by atoms with Crippen molar-refractivity contribution in [2.45, 2.75) is 17.9 Å². The van der Waals surface area contributed by atoms with Crippen molar-refractivity contribution in [1.82, 2.24) is 10.6 Å². The summed E-state index contributed by atoms with van der Waals surface area (Å²) in [5.74, 6) is -4.47. The Bertz CT molecular complexity index is 947. The first-order chi connectivity index (χ1) is 13.5. The molecule has 0 bridgehead atoms. The number of benzene rings is 2. The molecule has 0 aromatic heterocycles. The van der Waals surface area contributed by atoms with Gasteiger partial charge in [-0.1, -0.05) is 42.5 Å². The molecule has 0 saturated carbocycles. The second kappa shape index (κ2) is 7.21. The largest absolute Gasteiger partial charge is 0.478 e. The number of halogens is 3. The van der Waals surface area contributed by atoms with Crippen LogP contribution in [0.3, 0.4) is 0 Å². The Morgan fingerprint density at radius 2 is 1.55 bits per heavy atom. The average Bonchev–Trinajstić information content (AvgIpc) is 2.67. The first-order valence-electron chi connectivity index (χ1n) is 8.35. The van der Waals surface area contributed by atoms with Crippen molar-refractivity contribution >= 4 is 17.8 Å². The second-order valence-electron chi connectivity index (χ2n) is 6.48. The molecule has 3 atom stereocenters. The summed E-state index contributed by atoms with van der Waals surface area (Å²) >= 11 is 0. The Kier molecular flexibility index (Phi) is 5.05. The van der Waals surface area contributed by atoms with Gasteiger partial charge in [-0.2, -0.15) is 13.2 Å². The molecule has 3 rings (SSSR count).